The van der Waals surface area contributed by atoms with Gasteiger partial charge >= 0.3 is 0 Å². The number of hydrogen-bond donors (Lipinski definition) is 0. The molecule has 0 amide bonds. The third kappa shape index (κ3) is 13.4. The molecule has 0 saturated heterocycles. The van der Waals surface area contributed by atoms with Crippen LogP contribution in [0, 0.1) is 0 Å². The van der Waals surface area contributed by atoms with Crippen LogP contribution in [0.3, 0.4) is 0 Å². The summed E-state index contributed by atoms with van der Waals surface area (Å²) in [5, 5.41) is 0. The van der Waals surface area contributed by atoms with Gasteiger partial charge in [0.25, 0.3) is 0 Å². The van der Waals surface area contributed by atoms with Crippen LogP contribution < -0.4 is 0 Å². The molecule has 0 radical (unpaired) electrons. The Kier molecular flexibility index (Phi) is 13.5. The van der Waals surface area contributed by atoms with E-state index in [-0.39, 0.29) is 0 Å². The maximum Gasteiger partial charge on any atom is 0.201 e. The predicted octanol–water partition coefficient (Wildman–Crippen LogP) is 6.69. The maximum atomic E-state index is 6.08. The van der Waals surface area contributed by atoms with E-state index in [0.29, 0.717) is 11.6 Å². The minimum atomic E-state index is -1.57. The first-order valence-corrected chi connectivity index (χ1v) is 12.4. The van der Waals surface area contributed by atoms with Crippen LogP contribution in [0.5, 0.6) is 0 Å². The minimum Gasteiger partial charge on any atom is -0.414 e. The van der Waals surface area contributed by atoms with Crippen molar-refractivity contribution in [1.82, 2.24) is 0 Å². The Morgan fingerprint density at radius 1 is 0.850 bits per heavy atom. The van der Waals surface area contributed by atoms with Gasteiger partial charge in [-0.1, -0.05) is 71.1 Å². The monoisotopic (exact) mass is 320 g/mol. The molecule has 0 saturated carbocycles. The molecule has 0 aromatic carbocycles. The van der Waals surface area contributed by atoms with E-state index in [2.05, 4.69) is 26.9 Å². The minimum absolute atomic E-state index is 0.393. The highest BCUT2D eigenvalue weighted by atomic mass is 35.5. The molecule has 0 bridgehead atoms. The quantitative estimate of drug-likeness (QED) is 0.197. The second-order valence-electron chi connectivity index (χ2n) is 6.79. The fourth-order valence-corrected chi connectivity index (χ4v) is 4.01. The molecule has 0 N–H and O–H groups in total. The molecule has 0 spiro atoms. The van der Waals surface area contributed by atoms with Crippen LogP contribution in [0.4, 0.5) is 0 Å². The van der Waals surface area contributed by atoms with E-state index >= 15 is 0 Å². The normalized spacial score (nSPS) is 13.7. The summed E-state index contributed by atoms with van der Waals surface area (Å²) in [4.78, 5) is 0. The fourth-order valence-electron chi connectivity index (χ4n) is 2.55. The highest BCUT2D eigenvalue weighted by molar-refractivity contribution is 6.77. The fraction of sp³-hybridized carbons (Fsp3) is 1.00. The standard InChI is InChI=1S/C17H37ClOSi/c1-5-6-7-8-9-10-11-12-13-14-15-17(2)19-20(3,4)16-18/h17H,5-16H2,1-4H3. The number of alkyl halides is 1. The van der Waals surface area contributed by atoms with E-state index in [9.17, 15) is 0 Å². The van der Waals surface area contributed by atoms with Crippen LogP contribution in [0.15, 0.2) is 0 Å². The second kappa shape index (κ2) is 13.2. The predicted molar refractivity (Wildman–Crippen MR) is 95.2 cm³/mol. The lowest BCUT2D eigenvalue weighted by molar-refractivity contribution is 0.198. The van der Waals surface area contributed by atoms with Crippen LogP contribution in [-0.4, -0.2) is 19.9 Å². The van der Waals surface area contributed by atoms with E-state index < -0.39 is 8.32 Å². The zero-order valence-corrected chi connectivity index (χ0v) is 16.1. The van der Waals surface area contributed by atoms with Gasteiger partial charge in [0.1, 0.15) is 0 Å². The Morgan fingerprint density at radius 3 is 1.75 bits per heavy atom. The first kappa shape index (κ1) is 20.5. The Bertz CT molecular complexity index is 209. The van der Waals surface area contributed by atoms with Crippen molar-refractivity contribution in [1.29, 1.82) is 0 Å². The van der Waals surface area contributed by atoms with Gasteiger partial charge in [-0.25, -0.2) is 0 Å². The molecule has 0 aliphatic rings. The smallest absolute Gasteiger partial charge is 0.201 e. The molecule has 1 nitrogen and oxygen atoms in total. The highest BCUT2D eigenvalue weighted by Crippen LogP contribution is 2.16. The van der Waals surface area contributed by atoms with Gasteiger partial charge in [-0.3, -0.25) is 0 Å². The zero-order valence-electron chi connectivity index (χ0n) is 14.3. The molecule has 0 rings (SSSR count). The molecule has 0 aromatic heterocycles. The maximum absolute atomic E-state index is 6.08. The average molecular weight is 321 g/mol. The highest BCUT2D eigenvalue weighted by Gasteiger charge is 2.23. The summed E-state index contributed by atoms with van der Waals surface area (Å²) >= 11 is 5.94. The molecule has 1 unspecified atom stereocenters. The van der Waals surface area contributed by atoms with Gasteiger partial charge in [0.15, 0.2) is 0 Å². The van der Waals surface area contributed by atoms with Crippen LogP contribution in [-0.2, 0) is 4.43 Å². The third-order valence-corrected chi connectivity index (χ3v) is 7.42. The summed E-state index contributed by atoms with van der Waals surface area (Å²) < 4.78 is 6.08. The summed E-state index contributed by atoms with van der Waals surface area (Å²) in [6.07, 6.45) is 15.6. The summed E-state index contributed by atoms with van der Waals surface area (Å²) in [6.45, 7) is 8.89. The molecule has 0 aromatic rings. The van der Waals surface area contributed by atoms with Crippen molar-refractivity contribution in [3.63, 3.8) is 0 Å². The van der Waals surface area contributed by atoms with Crippen LogP contribution in [0.25, 0.3) is 0 Å². The Balaban J connectivity index is 3.27. The first-order valence-electron chi connectivity index (χ1n) is 8.75. The molecule has 0 fully saturated rings. The number of unbranched alkanes of at least 4 members (excludes halogenated alkanes) is 9. The van der Waals surface area contributed by atoms with Crippen molar-refractivity contribution >= 4 is 19.9 Å². The van der Waals surface area contributed by atoms with E-state index in [1.54, 1.807) is 0 Å². The molecule has 0 heterocycles. The van der Waals surface area contributed by atoms with Gasteiger partial charge in [-0.15, -0.1) is 11.6 Å². The molecule has 0 aliphatic heterocycles. The average Bonchev–Trinajstić information content (AvgIpc) is 2.40. The third-order valence-electron chi connectivity index (χ3n) is 3.81. The molecule has 122 valence electrons. The van der Waals surface area contributed by atoms with Crippen molar-refractivity contribution in [2.24, 2.45) is 0 Å². The molecule has 1 atom stereocenters. The second-order valence-corrected chi connectivity index (χ2v) is 11.6. The zero-order chi connectivity index (χ0) is 15.3. The lowest BCUT2D eigenvalue weighted by atomic mass is 10.1. The lowest BCUT2D eigenvalue weighted by Gasteiger charge is -2.25. The SMILES string of the molecule is CCCCCCCCCCCCC(C)O[Si](C)(C)CCl. The van der Waals surface area contributed by atoms with Gasteiger partial charge in [0.2, 0.25) is 8.32 Å². The summed E-state index contributed by atoms with van der Waals surface area (Å²) in [7, 11) is -1.57. The van der Waals surface area contributed by atoms with Crippen molar-refractivity contribution in [3.8, 4) is 0 Å². The summed E-state index contributed by atoms with van der Waals surface area (Å²) in [5.74, 6) is 0. The summed E-state index contributed by atoms with van der Waals surface area (Å²) in [5.41, 5.74) is 0.704. The molecular weight excluding hydrogens is 284 g/mol. The van der Waals surface area contributed by atoms with Crippen molar-refractivity contribution < 1.29 is 4.43 Å². The molecular formula is C17H37ClOSi. The largest absolute Gasteiger partial charge is 0.414 e. The Labute approximate surface area is 133 Å². The van der Waals surface area contributed by atoms with Crippen molar-refractivity contribution in [2.45, 2.75) is 104 Å². The molecule has 0 aliphatic carbocycles. The lowest BCUT2D eigenvalue weighted by Crippen LogP contribution is -2.36. The van der Waals surface area contributed by atoms with Gasteiger partial charge in [-0.2, -0.15) is 0 Å². The van der Waals surface area contributed by atoms with E-state index in [4.69, 9.17) is 16.0 Å². The van der Waals surface area contributed by atoms with Gasteiger partial charge in [0.05, 0.1) is 0 Å². The molecule has 3 heteroatoms. The van der Waals surface area contributed by atoms with Gasteiger partial charge < -0.3 is 4.43 Å². The van der Waals surface area contributed by atoms with Crippen LogP contribution >= 0.6 is 11.6 Å². The van der Waals surface area contributed by atoms with Crippen LogP contribution in [0.1, 0.15) is 84.5 Å². The van der Waals surface area contributed by atoms with Crippen LogP contribution in [0.2, 0.25) is 13.1 Å². The Hall–Kier alpha value is 0.467. The summed E-state index contributed by atoms with van der Waals surface area (Å²) in [6, 6.07) is 0. The van der Waals surface area contributed by atoms with E-state index in [0.717, 1.165) is 0 Å². The number of rotatable bonds is 14. The van der Waals surface area contributed by atoms with E-state index in [1.165, 1.54) is 70.6 Å². The topological polar surface area (TPSA) is 9.23 Å². The molecule has 20 heavy (non-hydrogen) atoms. The van der Waals surface area contributed by atoms with Gasteiger partial charge in [-0.05, 0) is 26.4 Å². The number of hydrogen-bond acceptors (Lipinski definition) is 1. The van der Waals surface area contributed by atoms with Gasteiger partial charge in [0, 0.05) is 11.6 Å². The Morgan fingerprint density at radius 2 is 1.30 bits per heavy atom. The number of halogens is 1. The van der Waals surface area contributed by atoms with Crippen molar-refractivity contribution in [2.75, 3.05) is 5.50 Å². The first-order chi connectivity index (χ1) is 9.52. The van der Waals surface area contributed by atoms with Crippen molar-refractivity contribution in [3.05, 3.63) is 0 Å². The van der Waals surface area contributed by atoms with E-state index in [1.807, 2.05) is 0 Å².